The number of hydrogen-bond acceptors (Lipinski definition) is 4. The maximum absolute atomic E-state index is 11.2. The number of nitrogens with one attached hydrogen (secondary N) is 3. The average molecular weight is 283 g/mol. The molecule has 6 heteroatoms. The summed E-state index contributed by atoms with van der Waals surface area (Å²) in [5, 5.41) is 3.32. The molecule has 0 amide bonds. The molecule has 0 atom stereocenters. The summed E-state index contributed by atoms with van der Waals surface area (Å²) >= 11 is 0. The summed E-state index contributed by atoms with van der Waals surface area (Å²) in [5.74, 6) is 1.56. The summed E-state index contributed by atoms with van der Waals surface area (Å²) in [6.45, 7) is 0.945. The predicted octanol–water partition coefficient (Wildman–Crippen LogP) is 2.20. The van der Waals surface area contributed by atoms with Gasteiger partial charge in [0, 0.05) is 12.2 Å². The van der Waals surface area contributed by atoms with Crippen LogP contribution in [0.25, 0.3) is 11.0 Å². The number of hydrogen-bond donors (Lipinski definition) is 3. The largest absolute Gasteiger partial charge is 0.454 e. The topological polar surface area (TPSA) is 79.1 Å². The van der Waals surface area contributed by atoms with Gasteiger partial charge in [0.05, 0.1) is 11.0 Å². The monoisotopic (exact) mass is 283 g/mol. The van der Waals surface area contributed by atoms with E-state index in [0.29, 0.717) is 6.54 Å². The van der Waals surface area contributed by atoms with E-state index in [0.717, 1.165) is 33.8 Å². The van der Waals surface area contributed by atoms with Crippen molar-refractivity contribution in [2.45, 2.75) is 6.54 Å². The van der Waals surface area contributed by atoms with Gasteiger partial charge in [-0.05, 0) is 35.9 Å². The van der Waals surface area contributed by atoms with Gasteiger partial charge in [0.15, 0.2) is 11.5 Å². The molecule has 1 aromatic heterocycles. The molecule has 1 aliphatic heterocycles. The molecule has 106 valence electrons. The molecule has 1 aliphatic rings. The fraction of sp³-hybridized carbons (Fsp3) is 0.133. The van der Waals surface area contributed by atoms with Gasteiger partial charge in [-0.1, -0.05) is 6.07 Å². The Labute approximate surface area is 119 Å². The van der Waals surface area contributed by atoms with E-state index in [4.69, 9.17) is 9.47 Å². The van der Waals surface area contributed by atoms with Gasteiger partial charge in [0.1, 0.15) is 0 Å². The van der Waals surface area contributed by atoms with Gasteiger partial charge < -0.3 is 24.8 Å². The molecule has 2 heterocycles. The summed E-state index contributed by atoms with van der Waals surface area (Å²) in [4.78, 5) is 16.7. The average Bonchev–Trinajstić information content (AvgIpc) is 3.08. The molecule has 0 radical (unpaired) electrons. The van der Waals surface area contributed by atoms with Crippen LogP contribution in [0, 0.1) is 0 Å². The Kier molecular flexibility index (Phi) is 2.60. The lowest BCUT2D eigenvalue weighted by Gasteiger charge is -2.07. The summed E-state index contributed by atoms with van der Waals surface area (Å²) < 4.78 is 10.6. The van der Waals surface area contributed by atoms with E-state index in [1.807, 2.05) is 36.4 Å². The third kappa shape index (κ3) is 2.20. The van der Waals surface area contributed by atoms with Gasteiger partial charge in [-0.25, -0.2) is 4.79 Å². The molecule has 4 rings (SSSR count). The highest BCUT2D eigenvalue weighted by molar-refractivity contribution is 5.78. The lowest BCUT2D eigenvalue weighted by Crippen LogP contribution is -1.99. The number of imidazole rings is 1. The molecule has 0 unspecified atom stereocenters. The summed E-state index contributed by atoms with van der Waals surface area (Å²) in [5.41, 5.74) is 3.43. The highest BCUT2D eigenvalue weighted by atomic mass is 16.7. The first-order valence-electron chi connectivity index (χ1n) is 6.62. The molecule has 3 aromatic rings. The first-order valence-corrected chi connectivity index (χ1v) is 6.62. The Balaban J connectivity index is 1.53. The molecule has 0 saturated carbocycles. The maximum Gasteiger partial charge on any atom is 0.323 e. The smallest absolute Gasteiger partial charge is 0.323 e. The van der Waals surface area contributed by atoms with E-state index >= 15 is 0 Å². The van der Waals surface area contributed by atoms with Crippen molar-refractivity contribution in [3.8, 4) is 11.5 Å². The molecular weight excluding hydrogens is 270 g/mol. The second-order valence-corrected chi connectivity index (χ2v) is 4.88. The van der Waals surface area contributed by atoms with Crippen molar-refractivity contribution >= 4 is 16.7 Å². The van der Waals surface area contributed by atoms with Gasteiger partial charge in [-0.3, -0.25) is 0 Å². The normalized spacial score (nSPS) is 12.8. The van der Waals surface area contributed by atoms with E-state index in [-0.39, 0.29) is 12.5 Å². The van der Waals surface area contributed by atoms with E-state index in [1.165, 1.54) is 0 Å². The van der Waals surface area contributed by atoms with Crippen LogP contribution in [0.4, 0.5) is 5.69 Å². The van der Waals surface area contributed by atoms with E-state index in [9.17, 15) is 4.79 Å². The van der Waals surface area contributed by atoms with Crippen LogP contribution in [-0.2, 0) is 6.54 Å². The van der Waals surface area contributed by atoms with Crippen LogP contribution < -0.4 is 20.5 Å². The molecule has 0 aliphatic carbocycles. The Morgan fingerprint density at radius 1 is 1.00 bits per heavy atom. The number of fused-ring (bicyclic) bond motifs is 2. The highest BCUT2D eigenvalue weighted by Gasteiger charge is 2.12. The van der Waals surface area contributed by atoms with Gasteiger partial charge in [0.2, 0.25) is 6.79 Å². The Hall–Kier alpha value is -2.89. The van der Waals surface area contributed by atoms with Crippen molar-refractivity contribution in [3.63, 3.8) is 0 Å². The van der Waals surface area contributed by atoms with Gasteiger partial charge in [0.25, 0.3) is 0 Å². The minimum Gasteiger partial charge on any atom is -0.454 e. The van der Waals surface area contributed by atoms with Gasteiger partial charge >= 0.3 is 5.69 Å². The number of anilines is 1. The zero-order chi connectivity index (χ0) is 14.2. The Bertz CT molecular complexity index is 866. The summed E-state index contributed by atoms with van der Waals surface area (Å²) in [6.07, 6.45) is 0. The maximum atomic E-state index is 11.2. The van der Waals surface area contributed by atoms with Crippen molar-refractivity contribution in [2.75, 3.05) is 12.1 Å². The zero-order valence-electron chi connectivity index (χ0n) is 11.1. The fourth-order valence-corrected chi connectivity index (χ4v) is 2.40. The Morgan fingerprint density at radius 3 is 2.81 bits per heavy atom. The first kappa shape index (κ1) is 11.9. The molecule has 2 aromatic carbocycles. The molecule has 0 bridgehead atoms. The minimum absolute atomic E-state index is 0.196. The lowest BCUT2D eigenvalue weighted by atomic mass is 10.2. The number of benzene rings is 2. The standard InChI is InChI=1S/C15H13N3O3/c19-15-17-11-3-2-10(6-12(11)18-15)16-7-9-1-4-13-14(5-9)21-8-20-13/h1-6,16H,7-8H2,(H2,17,18,19). The second kappa shape index (κ2) is 4.59. The Morgan fingerprint density at radius 2 is 1.86 bits per heavy atom. The summed E-state index contributed by atoms with van der Waals surface area (Å²) in [6, 6.07) is 11.6. The van der Waals surface area contributed by atoms with Crippen LogP contribution in [0.3, 0.4) is 0 Å². The van der Waals surface area contributed by atoms with Crippen molar-refractivity contribution in [1.82, 2.24) is 9.97 Å². The molecule has 21 heavy (non-hydrogen) atoms. The van der Waals surface area contributed by atoms with E-state index < -0.39 is 0 Å². The van der Waals surface area contributed by atoms with Crippen molar-refractivity contribution in [1.29, 1.82) is 0 Å². The molecule has 0 spiro atoms. The minimum atomic E-state index is -0.196. The lowest BCUT2D eigenvalue weighted by molar-refractivity contribution is 0.174. The molecule has 0 saturated heterocycles. The number of aromatic nitrogens is 2. The van der Waals surface area contributed by atoms with Crippen molar-refractivity contribution < 1.29 is 9.47 Å². The second-order valence-electron chi connectivity index (χ2n) is 4.88. The quantitative estimate of drug-likeness (QED) is 0.688. The third-order valence-electron chi connectivity index (χ3n) is 3.45. The number of aromatic amines is 2. The van der Waals surface area contributed by atoms with E-state index in [1.54, 1.807) is 0 Å². The van der Waals surface area contributed by atoms with Crippen molar-refractivity contribution in [2.24, 2.45) is 0 Å². The van der Waals surface area contributed by atoms with Crippen LogP contribution in [0.15, 0.2) is 41.2 Å². The molecular formula is C15H13N3O3. The molecule has 0 fully saturated rings. The van der Waals surface area contributed by atoms with Crippen LogP contribution in [-0.4, -0.2) is 16.8 Å². The first-order chi connectivity index (χ1) is 10.3. The van der Waals surface area contributed by atoms with Crippen LogP contribution in [0.5, 0.6) is 11.5 Å². The van der Waals surface area contributed by atoms with Crippen LogP contribution >= 0.6 is 0 Å². The fourth-order valence-electron chi connectivity index (χ4n) is 2.40. The van der Waals surface area contributed by atoms with Crippen molar-refractivity contribution in [3.05, 3.63) is 52.4 Å². The van der Waals surface area contributed by atoms with Crippen LogP contribution in [0.2, 0.25) is 0 Å². The van der Waals surface area contributed by atoms with Gasteiger partial charge in [-0.15, -0.1) is 0 Å². The highest BCUT2D eigenvalue weighted by Crippen LogP contribution is 2.32. The van der Waals surface area contributed by atoms with Gasteiger partial charge in [-0.2, -0.15) is 0 Å². The number of ether oxygens (including phenoxy) is 2. The SMILES string of the molecule is O=c1[nH]c2ccc(NCc3ccc4c(c3)OCO4)cc2[nH]1. The van der Waals surface area contributed by atoms with E-state index in [2.05, 4.69) is 15.3 Å². The number of rotatable bonds is 3. The third-order valence-corrected chi connectivity index (χ3v) is 3.45. The summed E-state index contributed by atoms with van der Waals surface area (Å²) in [7, 11) is 0. The number of H-pyrrole nitrogens is 2. The molecule has 6 nitrogen and oxygen atoms in total. The molecule has 3 N–H and O–H groups in total. The zero-order valence-corrected chi connectivity index (χ0v) is 11.1. The van der Waals surface area contributed by atoms with Crippen LogP contribution in [0.1, 0.15) is 5.56 Å². The predicted molar refractivity (Wildman–Crippen MR) is 78.8 cm³/mol.